The Morgan fingerprint density at radius 1 is 1.40 bits per heavy atom. The third kappa shape index (κ3) is 6.43. The van der Waals surface area contributed by atoms with Gasteiger partial charge in [0.15, 0.2) is 0 Å². The Kier molecular flexibility index (Phi) is 6.47. The summed E-state index contributed by atoms with van der Waals surface area (Å²) < 4.78 is 0. The van der Waals surface area contributed by atoms with Crippen LogP contribution in [0.3, 0.4) is 0 Å². The minimum absolute atomic E-state index is 0.0404. The molecule has 5 nitrogen and oxygen atoms in total. The van der Waals surface area contributed by atoms with Gasteiger partial charge in [0.25, 0.3) is 0 Å². The van der Waals surface area contributed by atoms with Crippen LogP contribution >= 0.6 is 0 Å². The van der Waals surface area contributed by atoms with Crippen molar-refractivity contribution < 1.29 is 19.8 Å². The van der Waals surface area contributed by atoms with E-state index in [1.165, 1.54) is 0 Å². The van der Waals surface area contributed by atoms with E-state index in [0.717, 1.165) is 5.06 Å². The maximum atomic E-state index is 10.8. The van der Waals surface area contributed by atoms with E-state index in [1.807, 2.05) is 20.8 Å². The fraction of sp³-hybridized carbons (Fsp3) is 0.900. The third-order valence-corrected chi connectivity index (χ3v) is 1.75. The van der Waals surface area contributed by atoms with Crippen LogP contribution in [0.4, 0.5) is 0 Å². The number of aliphatic hydroxyl groups is 2. The van der Waals surface area contributed by atoms with E-state index in [-0.39, 0.29) is 13.2 Å². The van der Waals surface area contributed by atoms with Crippen molar-refractivity contribution in [1.82, 2.24) is 5.06 Å². The monoisotopic (exact) mass is 219 g/mol. The fourth-order valence-electron chi connectivity index (χ4n) is 1.12. The van der Waals surface area contributed by atoms with E-state index >= 15 is 0 Å². The second kappa shape index (κ2) is 6.76. The lowest BCUT2D eigenvalue weighted by molar-refractivity contribution is -0.237. The molecule has 5 heteroatoms. The van der Waals surface area contributed by atoms with Crippen molar-refractivity contribution in [2.45, 2.75) is 45.3 Å². The van der Waals surface area contributed by atoms with Crippen LogP contribution in [0.25, 0.3) is 0 Å². The summed E-state index contributed by atoms with van der Waals surface area (Å²) in [5.41, 5.74) is -0.479. The lowest BCUT2D eigenvalue weighted by atomic mass is 10.1. The van der Waals surface area contributed by atoms with Gasteiger partial charge in [-0.05, 0) is 33.6 Å². The summed E-state index contributed by atoms with van der Waals surface area (Å²) in [5.74, 6) is 0. The molecule has 0 saturated carbocycles. The van der Waals surface area contributed by atoms with Crippen molar-refractivity contribution in [3.8, 4) is 0 Å². The number of nitrogens with zero attached hydrogens (tertiary/aromatic N) is 1. The molecule has 0 fully saturated rings. The Hall–Kier alpha value is -0.650. The second-order valence-electron chi connectivity index (χ2n) is 4.37. The number of carbonyl (C=O) groups is 1. The molecule has 1 amide bonds. The largest absolute Gasteiger partial charge is 0.396 e. The standard InChI is InChI=1S/C10H21NO4/c1-10(2,3)15-11(8-14)9(7-13)5-4-6-12/h8-9,12-13H,4-7H2,1-3H3/t9-/m0/s1. The molecule has 0 aromatic carbocycles. The second-order valence-corrected chi connectivity index (χ2v) is 4.37. The van der Waals surface area contributed by atoms with Crippen LogP contribution in [-0.4, -0.2) is 46.5 Å². The molecule has 0 aliphatic carbocycles. The predicted molar refractivity (Wildman–Crippen MR) is 55.9 cm³/mol. The molecule has 0 aromatic heterocycles. The highest BCUT2D eigenvalue weighted by molar-refractivity contribution is 5.45. The number of carbonyl (C=O) groups excluding carboxylic acids is 1. The van der Waals surface area contributed by atoms with Crippen molar-refractivity contribution in [3.63, 3.8) is 0 Å². The number of rotatable bonds is 7. The first-order valence-electron chi connectivity index (χ1n) is 5.09. The number of hydroxylamine groups is 2. The highest BCUT2D eigenvalue weighted by atomic mass is 16.7. The maximum Gasteiger partial charge on any atom is 0.233 e. The molecule has 0 saturated heterocycles. The van der Waals surface area contributed by atoms with Crippen LogP contribution in [-0.2, 0) is 9.63 Å². The van der Waals surface area contributed by atoms with Gasteiger partial charge >= 0.3 is 0 Å². The molecular weight excluding hydrogens is 198 g/mol. The Morgan fingerprint density at radius 3 is 2.33 bits per heavy atom. The minimum Gasteiger partial charge on any atom is -0.396 e. The van der Waals surface area contributed by atoms with Crippen LogP contribution in [0.2, 0.25) is 0 Å². The molecule has 0 aliphatic rings. The van der Waals surface area contributed by atoms with Gasteiger partial charge in [-0.2, -0.15) is 0 Å². The van der Waals surface area contributed by atoms with Gasteiger partial charge in [0.05, 0.1) is 18.2 Å². The van der Waals surface area contributed by atoms with Crippen LogP contribution in [0.1, 0.15) is 33.6 Å². The topological polar surface area (TPSA) is 70.0 Å². The molecular formula is C10H21NO4. The molecule has 0 radical (unpaired) electrons. The van der Waals surface area contributed by atoms with Gasteiger partial charge in [0.1, 0.15) is 0 Å². The van der Waals surface area contributed by atoms with Crippen LogP contribution in [0.5, 0.6) is 0 Å². The van der Waals surface area contributed by atoms with Gasteiger partial charge in [-0.3, -0.25) is 9.63 Å². The molecule has 0 unspecified atom stereocenters. The molecule has 0 bridgehead atoms. The normalized spacial score (nSPS) is 13.7. The minimum atomic E-state index is -0.479. The number of amides is 1. The fourth-order valence-corrected chi connectivity index (χ4v) is 1.12. The van der Waals surface area contributed by atoms with E-state index in [4.69, 9.17) is 15.1 Å². The van der Waals surface area contributed by atoms with E-state index in [0.29, 0.717) is 19.3 Å². The average Bonchev–Trinajstić information content (AvgIpc) is 2.15. The first kappa shape index (κ1) is 14.3. The van der Waals surface area contributed by atoms with Crippen molar-refractivity contribution in [1.29, 1.82) is 0 Å². The molecule has 1 atom stereocenters. The van der Waals surface area contributed by atoms with Crippen molar-refractivity contribution in [2.24, 2.45) is 0 Å². The van der Waals surface area contributed by atoms with Gasteiger partial charge < -0.3 is 10.2 Å². The van der Waals surface area contributed by atoms with E-state index < -0.39 is 11.6 Å². The third-order valence-electron chi connectivity index (χ3n) is 1.75. The molecule has 90 valence electrons. The number of aliphatic hydroxyl groups excluding tert-OH is 2. The smallest absolute Gasteiger partial charge is 0.233 e. The van der Waals surface area contributed by atoms with Gasteiger partial charge in [-0.25, -0.2) is 5.06 Å². The Labute approximate surface area is 90.6 Å². The summed E-state index contributed by atoms with van der Waals surface area (Å²) in [5, 5.41) is 18.9. The Morgan fingerprint density at radius 2 is 2.00 bits per heavy atom. The van der Waals surface area contributed by atoms with Gasteiger partial charge in [0, 0.05) is 6.61 Å². The molecule has 0 rings (SSSR count). The van der Waals surface area contributed by atoms with Crippen molar-refractivity contribution in [2.75, 3.05) is 13.2 Å². The SMILES string of the molecule is CC(C)(C)ON(C=O)[C@H](CO)CCCO. The quantitative estimate of drug-likeness (QED) is 0.477. The molecule has 0 spiro atoms. The lowest BCUT2D eigenvalue weighted by Gasteiger charge is -2.31. The Balaban J connectivity index is 4.27. The summed E-state index contributed by atoms with van der Waals surface area (Å²) in [6.45, 7) is 5.34. The van der Waals surface area contributed by atoms with Crippen LogP contribution in [0.15, 0.2) is 0 Å². The van der Waals surface area contributed by atoms with Crippen molar-refractivity contribution >= 4 is 6.41 Å². The Bertz CT molecular complexity index is 179. The van der Waals surface area contributed by atoms with Crippen molar-refractivity contribution in [3.05, 3.63) is 0 Å². The molecule has 0 aliphatic heterocycles. The van der Waals surface area contributed by atoms with E-state index in [9.17, 15) is 4.79 Å². The zero-order valence-corrected chi connectivity index (χ0v) is 9.64. The lowest BCUT2D eigenvalue weighted by Crippen LogP contribution is -2.42. The van der Waals surface area contributed by atoms with Gasteiger partial charge in [0.2, 0.25) is 6.41 Å². The summed E-state index contributed by atoms with van der Waals surface area (Å²) in [6, 6.07) is -0.395. The predicted octanol–water partition coefficient (Wildman–Crippen LogP) is 0.308. The zero-order valence-electron chi connectivity index (χ0n) is 9.64. The van der Waals surface area contributed by atoms with E-state index in [2.05, 4.69) is 0 Å². The maximum absolute atomic E-state index is 10.8. The van der Waals surface area contributed by atoms with Gasteiger partial charge in [-0.15, -0.1) is 0 Å². The highest BCUT2D eigenvalue weighted by Gasteiger charge is 2.22. The first-order valence-corrected chi connectivity index (χ1v) is 5.09. The first-order chi connectivity index (χ1) is 6.94. The summed E-state index contributed by atoms with van der Waals surface area (Å²) in [6.07, 6.45) is 1.61. The van der Waals surface area contributed by atoms with Crippen LogP contribution in [0, 0.1) is 0 Å². The number of hydrogen-bond acceptors (Lipinski definition) is 4. The average molecular weight is 219 g/mol. The molecule has 0 aromatic rings. The highest BCUT2D eigenvalue weighted by Crippen LogP contribution is 2.14. The van der Waals surface area contributed by atoms with E-state index in [1.54, 1.807) is 0 Å². The summed E-state index contributed by atoms with van der Waals surface area (Å²) >= 11 is 0. The molecule has 0 heterocycles. The number of hydrogen-bond donors (Lipinski definition) is 2. The summed E-state index contributed by atoms with van der Waals surface area (Å²) in [4.78, 5) is 16.1. The van der Waals surface area contributed by atoms with Gasteiger partial charge in [-0.1, -0.05) is 0 Å². The summed E-state index contributed by atoms with van der Waals surface area (Å²) in [7, 11) is 0. The van der Waals surface area contributed by atoms with Crippen LogP contribution < -0.4 is 0 Å². The molecule has 15 heavy (non-hydrogen) atoms. The molecule has 2 N–H and O–H groups in total. The zero-order chi connectivity index (χ0) is 11.9.